The van der Waals surface area contributed by atoms with E-state index >= 15 is 0 Å². The summed E-state index contributed by atoms with van der Waals surface area (Å²) in [6.45, 7) is -3.23. The summed E-state index contributed by atoms with van der Waals surface area (Å²) in [5.41, 5.74) is 0. The minimum atomic E-state index is -3.28. The molecule has 0 saturated heterocycles. The van der Waals surface area contributed by atoms with Crippen molar-refractivity contribution in [2.24, 2.45) is 0 Å². The number of esters is 1. The molecule has 0 aliphatic carbocycles. The first-order valence-corrected chi connectivity index (χ1v) is 1.57. The zero-order chi connectivity index (χ0) is 11.8. The van der Waals surface area contributed by atoms with Gasteiger partial charge in [-0.2, -0.15) is 0 Å². The second-order valence-corrected chi connectivity index (χ2v) is 0.742. The molecular weight excluding hydrogens is 92.1 g/mol. The van der Waals surface area contributed by atoms with Gasteiger partial charge in [-0.15, -0.1) is 0 Å². The van der Waals surface area contributed by atoms with Crippen LogP contribution in [-0.2, 0) is 9.53 Å². The molecule has 0 fully saturated rings. The number of methoxy groups -OCH3 is 1. The Morgan fingerprint density at radius 2 is 2.86 bits per heavy atom. The lowest BCUT2D eigenvalue weighted by atomic mass is 10.3. The van der Waals surface area contributed by atoms with Crippen molar-refractivity contribution in [1.82, 2.24) is 0 Å². The highest BCUT2D eigenvalue weighted by molar-refractivity contribution is 5.68. The third-order valence-corrected chi connectivity index (χ3v) is 0.350. The van der Waals surface area contributed by atoms with Crippen molar-refractivity contribution in [3.05, 3.63) is 0 Å². The SMILES string of the molecule is [2H]C([2H])([2H])C([2H])([2H])C([2H])([2H])C(=O)OC. The number of hydrogen-bond donors (Lipinski definition) is 0. The van der Waals surface area contributed by atoms with Crippen LogP contribution in [0, 0.1) is 0 Å². The first kappa shape index (κ1) is 1.24. The van der Waals surface area contributed by atoms with Crippen LogP contribution < -0.4 is 0 Å². The number of hydrogen-bond acceptors (Lipinski definition) is 2. The predicted molar refractivity (Wildman–Crippen MR) is 26.9 cm³/mol. The molecular formula is C5H10O2. The van der Waals surface area contributed by atoms with Gasteiger partial charge in [-0.3, -0.25) is 4.79 Å². The molecule has 0 bridgehead atoms. The fourth-order valence-electron chi connectivity index (χ4n) is 0.102. The van der Waals surface area contributed by atoms with Gasteiger partial charge in [0.05, 0.1) is 7.11 Å². The Morgan fingerprint density at radius 1 is 2.14 bits per heavy atom. The van der Waals surface area contributed by atoms with E-state index in [1.807, 2.05) is 0 Å². The van der Waals surface area contributed by atoms with Gasteiger partial charge in [0, 0.05) is 16.0 Å². The monoisotopic (exact) mass is 109 g/mol. The van der Waals surface area contributed by atoms with E-state index in [1.165, 1.54) is 0 Å². The molecule has 0 N–H and O–H groups in total. The van der Waals surface area contributed by atoms with E-state index in [9.17, 15) is 4.79 Å². The summed E-state index contributed by atoms with van der Waals surface area (Å²) in [5, 5.41) is 0. The fraction of sp³-hybridized carbons (Fsp3) is 0.800. The lowest BCUT2D eigenvalue weighted by Gasteiger charge is -1.91. The van der Waals surface area contributed by atoms with Gasteiger partial charge >= 0.3 is 5.97 Å². The molecule has 0 aromatic carbocycles. The molecule has 7 heavy (non-hydrogen) atoms. The second-order valence-electron chi connectivity index (χ2n) is 0.742. The van der Waals surface area contributed by atoms with E-state index in [-0.39, 0.29) is 0 Å². The van der Waals surface area contributed by atoms with Gasteiger partial charge in [-0.25, -0.2) is 0 Å². The van der Waals surface area contributed by atoms with Crippen molar-refractivity contribution in [2.45, 2.75) is 19.6 Å². The maximum absolute atomic E-state index is 10.8. The van der Waals surface area contributed by atoms with Crippen molar-refractivity contribution >= 4 is 5.97 Å². The number of rotatable bonds is 2. The molecule has 0 spiro atoms. The number of carbonyl (C=O) groups is 1. The van der Waals surface area contributed by atoms with Gasteiger partial charge in [-0.1, -0.05) is 6.85 Å². The van der Waals surface area contributed by atoms with Gasteiger partial charge < -0.3 is 4.74 Å². The van der Waals surface area contributed by atoms with E-state index < -0.39 is 25.6 Å². The molecule has 42 valence electrons. The topological polar surface area (TPSA) is 26.3 Å². The standard InChI is InChI=1S/C5H10O2/c1-3-4-5(6)7-2/h3-4H2,1-2H3/i1D3,3D2,4D2. The second kappa shape index (κ2) is 3.65. The quantitative estimate of drug-likeness (QED) is 0.494. The Morgan fingerprint density at radius 3 is 3.29 bits per heavy atom. The van der Waals surface area contributed by atoms with Crippen LogP contribution in [-0.4, -0.2) is 13.1 Å². The lowest BCUT2D eigenvalue weighted by molar-refractivity contribution is -0.140. The Hall–Kier alpha value is -0.530. The summed E-state index contributed by atoms with van der Waals surface area (Å²) in [6, 6.07) is 0. The van der Waals surface area contributed by atoms with E-state index in [0.29, 0.717) is 0 Å². The molecule has 0 saturated carbocycles. The highest BCUT2D eigenvalue weighted by atomic mass is 16.5. The molecule has 0 heterocycles. The average molecular weight is 109 g/mol. The Balaban J connectivity index is 5.18. The van der Waals surface area contributed by atoms with Crippen LogP contribution in [0.5, 0.6) is 0 Å². The lowest BCUT2D eigenvalue weighted by Crippen LogP contribution is -1.97. The average Bonchev–Trinajstić information content (AvgIpc) is 2.00. The van der Waals surface area contributed by atoms with Crippen LogP contribution in [0.15, 0.2) is 0 Å². The van der Waals surface area contributed by atoms with Crippen molar-refractivity contribution in [2.75, 3.05) is 7.11 Å². The molecule has 0 aliphatic heterocycles. The van der Waals surface area contributed by atoms with Gasteiger partial charge in [-0.05, 0) is 6.37 Å². The molecule has 2 nitrogen and oxygen atoms in total. The number of ether oxygens (including phenoxy) is 1. The van der Waals surface area contributed by atoms with E-state index in [1.54, 1.807) is 0 Å². The van der Waals surface area contributed by atoms with Crippen LogP contribution in [0.1, 0.15) is 29.2 Å². The summed E-state index contributed by atoms with van der Waals surface area (Å²) in [6.07, 6.45) is -6.49. The maximum atomic E-state index is 10.8. The summed E-state index contributed by atoms with van der Waals surface area (Å²) in [4.78, 5) is 10.8. The van der Waals surface area contributed by atoms with Crippen molar-refractivity contribution in [3.8, 4) is 0 Å². The molecule has 0 aliphatic rings. The minimum Gasteiger partial charge on any atom is -0.469 e. The van der Waals surface area contributed by atoms with Crippen molar-refractivity contribution in [3.63, 3.8) is 0 Å². The van der Waals surface area contributed by atoms with Crippen molar-refractivity contribution in [1.29, 1.82) is 0 Å². The van der Waals surface area contributed by atoms with Gasteiger partial charge in [0.1, 0.15) is 0 Å². The van der Waals surface area contributed by atoms with Crippen LogP contribution in [0.2, 0.25) is 0 Å². The first-order valence-electron chi connectivity index (χ1n) is 5.07. The fourth-order valence-corrected chi connectivity index (χ4v) is 0.102. The highest BCUT2D eigenvalue weighted by Gasteiger charge is 1.92. The van der Waals surface area contributed by atoms with Crippen LogP contribution in [0.4, 0.5) is 0 Å². The Bertz CT molecular complexity index is 231. The third kappa shape index (κ3) is 3.30. The number of carbonyl (C=O) groups excluding carboxylic acids is 1. The molecule has 0 amide bonds. The summed E-state index contributed by atoms with van der Waals surface area (Å²) in [7, 11) is 0.857. The molecule has 0 aromatic rings. The van der Waals surface area contributed by atoms with Gasteiger partial charge in [0.25, 0.3) is 0 Å². The predicted octanol–water partition coefficient (Wildman–Crippen LogP) is 0.959. The Kier molecular flexibility index (Phi) is 0.650. The van der Waals surface area contributed by atoms with Crippen LogP contribution in [0.25, 0.3) is 0 Å². The van der Waals surface area contributed by atoms with E-state index in [2.05, 4.69) is 4.74 Å². The molecule has 2 heteroatoms. The van der Waals surface area contributed by atoms with E-state index in [0.717, 1.165) is 7.11 Å². The zero-order valence-electron chi connectivity index (χ0n) is 10.8. The van der Waals surface area contributed by atoms with Crippen molar-refractivity contribution < 1.29 is 19.1 Å². The Labute approximate surface area is 53.3 Å². The highest BCUT2D eigenvalue weighted by Crippen LogP contribution is 1.86. The minimum absolute atomic E-state index is 0.857. The normalized spacial score (nSPS) is 29.0. The largest absolute Gasteiger partial charge is 0.469 e. The molecule has 0 aromatic heterocycles. The summed E-state index contributed by atoms with van der Waals surface area (Å²) in [5.74, 6) is -1.54. The van der Waals surface area contributed by atoms with Crippen LogP contribution >= 0.6 is 0 Å². The first-order chi connectivity index (χ1) is 5.98. The van der Waals surface area contributed by atoms with Crippen LogP contribution in [0.3, 0.4) is 0 Å². The smallest absolute Gasteiger partial charge is 0.305 e. The summed E-state index contributed by atoms with van der Waals surface area (Å²) >= 11 is 0. The third-order valence-electron chi connectivity index (χ3n) is 0.350. The zero-order valence-corrected chi connectivity index (χ0v) is 3.82. The maximum Gasteiger partial charge on any atom is 0.305 e. The molecule has 0 atom stereocenters. The van der Waals surface area contributed by atoms with Gasteiger partial charge in [0.15, 0.2) is 0 Å². The molecule has 0 unspecified atom stereocenters. The summed E-state index contributed by atoms with van der Waals surface area (Å²) < 4.78 is 52.5. The van der Waals surface area contributed by atoms with E-state index in [4.69, 9.17) is 9.60 Å². The molecule has 0 radical (unpaired) electrons. The molecule has 0 rings (SSSR count). The van der Waals surface area contributed by atoms with Gasteiger partial charge in [0.2, 0.25) is 0 Å².